The van der Waals surface area contributed by atoms with Crippen molar-refractivity contribution in [1.29, 1.82) is 5.26 Å². The van der Waals surface area contributed by atoms with Gasteiger partial charge in [-0.05, 0) is 31.0 Å². The zero-order valence-electron chi connectivity index (χ0n) is 11.8. The maximum Gasteiger partial charge on any atom is 0.135 e. The van der Waals surface area contributed by atoms with Gasteiger partial charge in [-0.15, -0.1) is 10.2 Å². The lowest BCUT2D eigenvalue weighted by Crippen LogP contribution is -2.34. The summed E-state index contributed by atoms with van der Waals surface area (Å²) in [6, 6.07) is 8.17. The molecule has 1 aliphatic heterocycles. The van der Waals surface area contributed by atoms with E-state index in [0.29, 0.717) is 5.92 Å². The lowest BCUT2D eigenvalue weighted by atomic mass is 9.95. The SMILES string of the molecule is Cn1cnnc1C1CCN(c2ccc(Br)cc2C#N)CC1. The maximum absolute atomic E-state index is 9.29. The highest BCUT2D eigenvalue weighted by Crippen LogP contribution is 2.31. The topological polar surface area (TPSA) is 57.7 Å². The molecule has 0 saturated carbocycles. The number of hydrogen-bond acceptors (Lipinski definition) is 4. The summed E-state index contributed by atoms with van der Waals surface area (Å²) in [7, 11) is 1.99. The molecule has 2 heterocycles. The molecule has 5 nitrogen and oxygen atoms in total. The number of anilines is 1. The van der Waals surface area contributed by atoms with Crippen molar-refractivity contribution in [1.82, 2.24) is 14.8 Å². The standard InChI is InChI=1S/C15H16BrN5/c1-20-10-18-19-15(20)11-4-6-21(7-5-11)14-3-2-13(16)8-12(14)9-17/h2-3,8,10-11H,4-7H2,1H3. The second-order valence-corrected chi connectivity index (χ2v) is 6.25. The van der Waals surface area contributed by atoms with Crippen LogP contribution in [0.2, 0.25) is 0 Å². The molecule has 2 aromatic rings. The fourth-order valence-electron chi connectivity index (χ4n) is 2.91. The fourth-order valence-corrected chi connectivity index (χ4v) is 3.28. The van der Waals surface area contributed by atoms with E-state index in [9.17, 15) is 5.26 Å². The summed E-state index contributed by atoms with van der Waals surface area (Å²) in [6.45, 7) is 1.88. The molecule has 1 fully saturated rings. The van der Waals surface area contributed by atoms with Crippen LogP contribution in [-0.4, -0.2) is 27.9 Å². The van der Waals surface area contributed by atoms with Crippen LogP contribution in [0.25, 0.3) is 0 Å². The van der Waals surface area contributed by atoms with Crippen molar-refractivity contribution in [3.05, 3.63) is 40.4 Å². The average Bonchev–Trinajstić information content (AvgIpc) is 2.93. The summed E-state index contributed by atoms with van der Waals surface area (Å²) >= 11 is 3.42. The summed E-state index contributed by atoms with van der Waals surface area (Å²) in [5.41, 5.74) is 1.75. The molecule has 0 atom stereocenters. The molecule has 0 bridgehead atoms. The van der Waals surface area contributed by atoms with E-state index >= 15 is 0 Å². The highest BCUT2D eigenvalue weighted by Gasteiger charge is 2.25. The van der Waals surface area contributed by atoms with Gasteiger partial charge in [0.25, 0.3) is 0 Å². The molecule has 0 unspecified atom stereocenters. The largest absolute Gasteiger partial charge is 0.370 e. The number of nitriles is 1. The van der Waals surface area contributed by atoms with E-state index in [-0.39, 0.29) is 0 Å². The van der Waals surface area contributed by atoms with Gasteiger partial charge in [0, 0.05) is 30.5 Å². The summed E-state index contributed by atoms with van der Waals surface area (Å²) in [4.78, 5) is 2.29. The van der Waals surface area contributed by atoms with Crippen molar-refractivity contribution < 1.29 is 0 Å². The lowest BCUT2D eigenvalue weighted by molar-refractivity contribution is 0.474. The van der Waals surface area contributed by atoms with Gasteiger partial charge in [0.1, 0.15) is 18.2 Å². The van der Waals surface area contributed by atoms with Crippen LogP contribution in [0.4, 0.5) is 5.69 Å². The molecule has 0 N–H and O–H groups in total. The Hall–Kier alpha value is -1.87. The minimum absolute atomic E-state index is 0.453. The molecule has 1 aromatic carbocycles. The predicted octanol–water partition coefficient (Wildman–Crippen LogP) is 2.83. The number of benzene rings is 1. The second kappa shape index (κ2) is 5.86. The van der Waals surface area contributed by atoms with Gasteiger partial charge in [-0.1, -0.05) is 15.9 Å². The van der Waals surface area contributed by atoms with Crippen molar-refractivity contribution in [2.45, 2.75) is 18.8 Å². The Morgan fingerprint density at radius 3 is 2.71 bits per heavy atom. The summed E-state index contributed by atoms with van der Waals surface area (Å²) in [5, 5.41) is 17.5. The van der Waals surface area contributed by atoms with E-state index in [1.165, 1.54) is 0 Å². The molecule has 0 spiro atoms. The average molecular weight is 346 g/mol. The lowest BCUT2D eigenvalue weighted by Gasteiger charge is -2.33. The number of hydrogen-bond donors (Lipinski definition) is 0. The van der Waals surface area contributed by atoms with Gasteiger partial charge in [0.15, 0.2) is 0 Å². The third-order valence-corrected chi connectivity index (χ3v) is 4.52. The van der Waals surface area contributed by atoms with Crippen LogP contribution in [0.15, 0.2) is 29.0 Å². The van der Waals surface area contributed by atoms with Crippen LogP contribution in [0.5, 0.6) is 0 Å². The van der Waals surface area contributed by atoms with Crippen LogP contribution in [0, 0.1) is 11.3 Å². The molecule has 0 radical (unpaired) electrons. The predicted molar refractivity (Wildman–Crippen MR) is 84.0 cm³/mol. The molecule has 21 heavy (non-hydrogen) atoms. The second-order valence-electron chi connectivity index (χ2n) is 5.33. The Labute approximate surface area is 132 Å². The van der Waals surface area contributed by atoms with Crippen molar-refractivity contribution >= 4 is 21.6 Å². The molecule has 3 rings (SSSR count). The van der Waals surface area contributed by atoms with Gasteiger partial charge in [0.2, 0.25) is 0 Å². The zero-order chi connectivity index (χ0) is 14.8. The van der Waals surface area contributed by atoms with Crippen LogP contribution in [-0.2, 0) is 7.05 Å². The van der Waals surface area contributed by atoms with E-state index in [2.05, 4.69) is 37.1 Å². The van der Waals surface area contributed by atoms with Gasteiger partial charge >= 0.3 is 0 Å². The Balaban J connectivity index is 1.75. The van der Waals surface area contributed by atoms with Crippen LogP contribution >= 0.6 is 15.9 Å². The molecule has 0 amide bonds. The Morgan fingerprint density at radius 1 is 1.33 bits per heavy atom. The van der Waals surface area contributed by atoms with Gasteiger partial charge < -0.3 is 9.47 Å². The number of aromatic nitrogens is 3. The smallest absolute Gasteiger partial charge is 0.135 e. The van der Waals surface area contributed by atoms with Crippen LogP contribution < -0.4 is 4.90 Å². The number of piperidine rings is 1. The summed E-state index contributed by atoms with van der Waals surface area (Å²) in [6.07, 6.45) is 3.82. The normalized spacial score (nSPS) is 16.0. The molecule has 6 heteroatoms. The molecule has 1 aromatic heterocycles. The van der Waals surface area contributed by atoms with Gasteiger partial charge in [-0.2, -0.15) is 5.26 Å². The minimum Gasteiger partial charge on any atom is -0.370 e. The molecule has 1 aliphatic rings. The molecular formula is C15H16BrN5. The highest BCUT2D eigenvalue weighted by molar-refractivity contribution is 9.10. The molecule has 0 aliphatic carbocycles. The Bertz CT molecular complexity index is 680. The number of aryl methyl sites for hydroxylation is 1. The van der Waals surface area contributed by atoms with Gasteiger partial charge in [-0.25, -0.2) is 0 Å². The van der Waals surface area contributed by atoms with Gasteiger partial charge in [0.05, 0.1) is 11.3 Å². The first-order valence-electron chi connectivity index (χ1n) is 6.97. The third kappa shape index (κ3) is 2.79. The van der Waals surface area contributed by atoms with Gasteiger partial charge in [-0.3, -0.25) is 0 Å². The number of nitrogens with zero attached hydrogens (tertiary/aromatic N) is 5. The Morgan fingerprint density at radius 2 is 2.10 bits per heavy atom. The number of rotatable bonds is 2. The molecular weight excluding hydrogens is 330 g/mol. The molecule has 108 valence electrons. The quantitative estimate of drug-likeness (QED) is 0.839. The highest BCUT2D eigenvalue weighted by atomic mass is 79.9. The minimum atomic E-state index is 0.453. The summed E-state index contributed by atoms with van der Waals surface area (Å²) < 4.78 is 2.94. The third-order valence-electron chi connectivity index (χ3n) is 4.03. The first-order valence-corrected chi connectivity index (χ1v) is 7.77. The first kappa shape index (κ1) is 14.1. The van der Waals surface area contributed by atoms with Crippen LogP contribution in [0.3, 0.4) is 0 Å². The monoisotopic (exact) mass is 345 g/mol. The van der Waals surface area contributed by atoms with E-state index < -0.39 is 0 Å². The number of halogens is 1. The van der Waals surface area contributed by atoms with E-state index in [0.717, 1.165) is 47.5 Å². The van der Waals surface area contributed by atoms with Crippen molar-refractivity contribution in [2.75, 3.05) is 18.0 Å². The van der Waals surface area contributed by atoms with Crippen molar-refractivity contribution in [3.63, 3.8) is 0 Å². The Kier molecular flexibility index (Phi) is 3.93. The fraction of sp³-hybridized carbons (Fsp3) is 0.400. The maximum atomic E-state index is 9.29. The van der Waals surface area contributed by atoms with E-state index in [4.69, 9.17) is 0 Å². The summed E-state index contributed by atoms with van der Waals surface area (Å²) in [5.74, 6) is 1.51. The van der Waals surface area contributed by atoms with Crippen molar-refractivity contribution in [2.24, 2.45) is 7.05 Å². The zero-order valence-corrected chi connectivity index (χ0v) is 13.4. The van der Waals surface area contributed by atoms with Crippen molar-refractivity contribution in [3.8, 4) is 6.07 Å². The van der Waals surface area contributed by atoms with Crippen LogP contribution in [0.1, 0.15) is 30.1 Å². The van der Waals surface area contributed by atoms with E-state index in [1.807, 2.05) is 29.8 Å². The van der Waals surface area contributed by atoms with E-state index in [1.54, 1.807) is 6.33 Å². The first-order chi connectivity index (χ1) is 10.2. The molecule has 1 saturated heterocycles.